The van der Waals surface area contributed by atoms with Gasteiger partial charge in [0.2, 0.25) is 0 Å². The first-order valence-corrected chi connectivity index (χ1v) is 11.3. The third-order valence-electron chi connectivity index (χ3n) is 4.47. The minimum Gasteiger partial charge on any atom is -0.280 e. The number of H-pyrrole nitrogens is 1. The molecule has 2 N–H and O–H groups in total. The predicted octanol–water partition coefficient (Wildman–Crippen LogP) is 5.14. The molecule has 0 atom stereocenters. The SMILES string of the molecule is O=c1[nH]n(Cc2ccccc2)c2cc(Cl)c(NS(=O)(=O)c3ccc(Cl)cc3Cl)cc12. The van der Waals surface area contributed by atoms with Crippen LogP contribution in [0, 0.1) is 0 Å². The average molecular weight is 483 g/mol. The van der Waals surface area contributed by atoms with E-state index < -0.39 is 10.0 Å². The highest BCUT2D eigenvalue weighted by molar-refractivity contribution is 7.92. The van der Waals surface area contributed by atoms with Crippen LogP contribution in [0.1, 0.15) is 5.56 Å². The van der Waals surface area contributed by atoms with E-state index in [4.69, 9.17) is 34.8 Å². The van der Waals surface area contributed by atoms with Crippen molar-refractivity contribution in [2.24, 2.45) is 0 Å². The molecule has 0 aliphatic rings. The Kier molecular flexibility index (Phi) is 5.55. The Balaban J connectivity index is 1.73. The van der Waals surface area contributed by atoms with E-state index >= 15 is 0 Å². The second-order valence-electron chi connectivity index (χ2n) is 6.54. The van der Waals surface area contributed by atoms with Gasteiger partial charge in [0.15, 0.2) is 0 Å². The lowest BCUT2D eigenvalue weighted by Gasteiger charge is -2.12. The van der Waals surface area contributed by atoms with E-state index in [0.29, 0.717) is 22.5 Å². The van der Waals surface area contributed by atoms with E-state index in [0.717, 1.165) is 5.56 Å². The van der Waals surface area contributed by atoms with Crippen molar-refractivity contribution in [1.82, 2.24) is 9.78 Å². The molecule has 3 aromatic carbocycles. The number of benzene rings is 3. The number of fused-ring (bicyclic) bond motifs is 1. The van der Waals surface area contributed by atoms with Crippen LogP contribution in [0.25, 0.3) is 10.9 Å². The lowest BCUT2D eigenvalue weighted by Crippen LogP contribution is -2.14. The number of nitrogens with zero attached hydrogens (tertiary/aromatic N) is 1. The molecule has 0 fully saturated rings. The first kappa shape index (κ1) is 20.8. The number of aromatic amines is 1. The smallest absolute Gasteiger partial charge is 0.272 e. The van der Waals surface area contributed by atoms with Gasteiger partial charge in [-0.05, 0) is 35.9 Å². The van der Waals surface area contributed by atoms with Crippen molar-refractivity contribution < 1.29 is 8.42 Å². The third kappa shape index (κ3) is 4.06. The van der Waals surface area contributed by atoms with Crippen molar-refractivity contribution in [3.05, 3.63) is 91.6 Å². The zero-order valence-corrected chi connectivity index (χ0v) is 18.3. The molecule has 0 saturated heterocycles. The Labute approximate surface area is 187 Å². The lowest BCUT2D eigenvalue weighted by atomic mass is 10.2. The summed E-state index contributed by atoms with van der Waals surface area (Å²) in [6.45, 7) is 0.432. The monoisotopic (exact) mass is 481 g/mol. The highest BCUT2D eigenvalue weighted by Gasteiger charge is 2.21. The largest absolute Gasteiger partial charge is 0.280 e. The average Bonchev–Trinajstić information content (AvgIpc) is 2.97. The number of hydrogen-bond acceptors (Lipinski definition) is 3. The van der Waals surface area contributed by atoms with Gasteiger partial charge in [-0.3, -0.25) is 19.3 Å². The lowest BCUT2D eigenvalue weighted by molar-refractivity contribution is 0.601. The minimum absolute atomic E-state index is 0.0286. The Morgan fingerprint density at radius 3 is 2.37 bits per heavy atom. The molecule has 10 heteroatoms. The van der Waals surface area contributed by atoms with E-state index in [9.17, 15) is 13.2 Å². The predicted molar refractivity (Wildman–Crippen MR) is 120 cm³/mol. The van der Waals surface area contributed by atoms with Crippen LogP contribution in [0.15, 0.2) is 70.4 Å². The number of anilines is 1. The molecule has 0 amide bonds. The molecular formula is C20H14Cl3N3O3S. The maximum atomic E-state index is 12.8. The number of halogens is 3. The number of hydrogen-bond donors (Lipinski definition) is 2. The molecule has 0 bridgehead atoms. The molecule has 4 aromatic rings. The Hall–Kier alpha value is -2.45. The Morgan fingerprint density at radius 2 is 1.67 bits per heavy atom. The molecule has 4 rings (SSSR count). The van der Waals surface area contributed by atoms with Crippen LogP contribution >= 0.6 is 34.8 Å². The number of aromatic nitrogens is 2. The van der Waals surface area contributed by atoms with Crippen LogP contribution in [0.3, 0.4) is 0 Å². The molecule has 1 heterocycles. The molecule has 0 aliphatic heterocycles. The molecule has 1 aromatic heterocycles. The van der Waals surface area contributed by atoms with Gasteiger partial charge in [-0.2, -0.15) is 0 Å². The van der Waals surface area contributed by atoms with Crippen molar-refractivity contribution in [1.29, 1.82) is 0 Å². The summed E-state index contributed by atoms with van der Waals surface area (Å²) in [6.07, 6.45) is 0. The molecule has 0 radical (unpaired) electrons. The van der Waals surface area contributed by atoms with Gasteiger partial charge in [0.05, 0.1) is 33.2 Å². The summed E-state index contributed by atoms with van der Waals surface area (Å²) in [4.78, 5) is 12.3. The summed E-state index contributed by atoms with van der Waals surface area (Å²) in [5, 5.41) is 3.47. The maximum absolute atomic E-state index is 12.8. The van der Waals surface area contributed by atoms with Crippen LogP contribution in [0.2, 0.25) is 15.1 Å². The Morgan fingerprint density at radius 1 is 0.933 bits per heavy atom. The first-order valence-electron chi connectivity index (χ1n) is 8.68. The molecule has 0 spiro atoms. The van der Waals surface area contributed by atoms with Crippen molar-refractivity contribution in [3.63, 3.8) is 0 Å². The first-order chi connectivity index (χ1) is 14.2. The van der Waals surface area contributed by atoms with Crippen LogP contribution in [0.5, 0.6) is 0 Å². The fourth-order valence-corrected chi connectivity index (χ4v) is 5.18. The van der Waals surface area contributed by atoms with Gasteiger partial charge >= 0.3 is 0 Å². The van der Waals surface area contributed by atoms with Gasteiger partial charge in [0.1, 0.15) is 4.90 Å². The van der Waals surface area contributed by atoms with Gasteiger partial charge in [0.25, 0.3) is 15.6 Å². The summed E-state index contributed by atoms with van der Waals surface area (Å²) in [7, 11) is -4.05. The van der Waals surface area contributed by atoms with E-state index in [-0.39, 0.29) is 26.2 Å². The normalized spacial score (nSPS) is 11.7. The van der Waals surface area contributed by atoms with Crippen molar-refractivity contribution in [2.75, 3.05) is 4.72 Å². The maximum Gasteiger partial charge on any atom is 0.272 e. The molecule has 0 unspecified atom stereocenters. The van der Waals surface area contributed by atoms with Crippen LogP contribution in [-0.2, 0) is 16.6 Å². The summed E-state index contributed by atoms with van der Waals surface area (Å²) in [5.74, 6) is 0. The second-order valence-corrected chi connectivity index (χ2v) is 9.44. The zero-order valence-electron chi connectivity index (χ0n) is 15.2. The van der Waals surface area contributed by atoms with Gasteiger partial charge < -0.3 is 0 Å². The second kappa shape index (κ2) is 8.00. The molecule has 0 aliphatic carbocycles. The van der Waals surface area contributed by atoms with E-state index in [1.165, 1.54) is 24.3 Å². The number of rotatable bonds is 5. The van der Waals surface area contributed by atoms with Crippen LogP contribution in [0.4, 0.5) is 5.69 Å². The van der Waals surface area contributed by atoms with E-state index in [1.54, 1.807) is 10.7 Å². The number of sulfonamides is 1. The zero-order chi connectivity index (χ0) is 21.5. The highest BCUT2D eigenvalue weighted by atomic mass is 35.5. The fraction of sp³-hybridized carbons (Fsp3) is 0.0500. The minimum atomic E-state index is -4.05. The summed E-state index contributed by atoms with van der Waals surface area (Å²) >= 11 is 18.2. The molecule has 30 heavy (non-hydrogen) atoms. The summed E-state index contributed by atoms with van der Waals surface area (Å²) in [6, 6.07) is 16.6. The highest BCUT2D eigenvalue weighted by Crippen LogP contribution is 2.31. The molecule has 6 nitrogen and oxygen atoms in total. The summed E-state index contributed by atoms with van der Waals surface area (Å²) in [5.41, 5.74) is 1.26. The van der Waals surface area contributed by atoms with Crippen molar-refractivity contribution >= 4 is 61.4 Å². The summed E-state index contributed by atoms with van der Waals surface area (Å²) < 4.78 is 29.6. The quantitative estimate of drug-likeness (QED) is 0.413. The van der Waals surface area contributed by atoms with Gasteiger partial charge in [0, 0.05) is 5.02 Å². The van der Waals surface area contributed by atoms with E-state index in [1.807, 2.05) is 30.3 Å². The van der Waals surface area contributed by atoms with Crippen LogP contribution in [-0.4, -0.2) is 18.2 Å². The molecular weight excluding hydrogens is 469 g/mol. The van der Waals surface area contributed by atoms with Crippen LogP contribution < -0.4 is 10.3 Å². The Bertz CT molecular complexity index is 1410. The van der Waals surface area contributed by atoms with Gasteiger partial charge in [-0.15, -0.1) is 0 Å². The van der Waals surface area contributed by atoms with Crippen molar-refractivity contribution in [3.8, 4) is 0 Å². The third-order valence-corrected chi connectivity index (χ3v) is 6.86. The topological polar surface area (TPSA) is 84.0 Å². The standard InChI is InChI=1S/C20H14Cl3N3O3S/c21-13-6-7-19(16(23)8-13)30(28,29)25-17-9-14-18(10-15(17)22)26(24-20(14)27)11-12-4-2-1-3-5-12/h1-10,25H,11H2,(H,24,27). The van der Waals surface area contributed by atoms with Gasteiger partial charge in [-0.25, -0.2) is 8.42 Å². The number of nitrogens with one attached hydrogen (secondary N) is 2. The fourth-order valence-electron chi connectivity index (χ4n) is 3.07. The molecule has 154 valence electrons. The molecule has 0 saturated carbocycles. The van der Waals surface area contributed by atoms with E-state index in [2.05, 4.69) is 9.82 Å². The van der Waals surface area contributed by atoms with Gasteiger partial charge in [-0.1, -0.05) is 65.1 Å². The van der Waals surface area contributed by atoms with Crippen molar-refractivity contribution in [2.45, 2.75) is 11.4 Å².